The quantitative estimate of drug-likeness (QED) is 0.857. The molecule has 1 aromatic heterocycles. The molecule has 1 aromatic carbocycles. The number of imidazole rings is 1. The SMILES string of the molecule is CCC(CC)n1c(N)nc2cccc(C)c21. The second kappa shape index (κ2) is 4.16. The van der Waals surface area contributed by atoms with Gasteiger partial charge in [-0.05, 0) is 31.4 Å². The van der Waals surface area contributed by atoms with Gasteiger partial charge in [-0.2, -0.15) is 0 Å². The number of anilines is 1. The summed E-state index contributed by atoms with van der Waals surface area (Å²) in [6.07, 6.45) is 2.17. The zero-order chi connectivity index (χ0) is 11.7. The van der Waals surface area contributed by atoms with Crippen LogP contribution < -0.4 is 5.73 Å². The Morgan fingerprint density at radius 3 is 2.62 bits per heavy atom. The summed E-state index contributed by atoms with van der Waals surface area (Å²) in [5.74, 6) is 0.637. The maximum absolute atomic E-state index is 6.03. The van der Waals surface area contributed by atoms with Crippen molar-refractivity contribution >= 4 is 17.0 Å². The Balaban J connectivity index is 2.71. The molecule has 2 N–H and O–H groups in total. The predicted octanol–water partition coefficient (Wildman–Crippen LogP) is 3.29. The predicted molar refractivity (Wildman–Crippen MR) is 68.5 cm³/mol. The summed E-state index contributed by atoms with van der Waals surface area (Å²) in [4.78, 5) is 4.43. The van der Waals surface area contributed by atoms with Crippen LogP contribution in [0.4, 0.5) is 5.95 Å². The fraction of sp³-hybridized carbons (Fsp3) is 0.462. The van der Waals surface area contributed by atoms with Gasteiger partial charge in [0.15, 0.2) is 0 Å². The van der Waals surface area contributed by atoms with Crippen LogP contribution in [0.5, 0.6) is 0 Å². The van der Waals surface area contributed by atoms with Gasteiger partial charge in [-0.15, -0.1) is 0 Å². The lowest BCUT2D eigenvalue weighted by atomic mass is 10.1. The molecule has 2 aromatic rings. The lowest BCUT2D eigenvalue weighted by molar-refractivity contribution is 0.488. The number of aryl methyl sites for hydroxylation is 1. The summed E-state index contributed by atoms with van der Waals surface area (Å²) >= 11 is 0. The molecule has 0 saturated heterocycles. The molecule has 16 heavy (non-hydrogen) atoms. The van der Waals surface area contributed by atoms with Gasteiger partial charge < -0.3 is 10.3 Å². The van der Waals surface area contributed by atoms with Crippen LogP contribution in [0.3, 0.4) is 0 Å². The molecule has 0 aliphatic carbocycles. The first-order valence-electron chi connectivity index (χ1n) is 5.92. The number of nitrogens with two attached hydrogens (primary N) is 1. The van der Waals surface area contributed by atoms with E-state index >= 15 is 0 Å². The Bertz CT molecular complexity index is 495. The average Bonchev–Trinajstić information content (AvgIpc) is 2.59. The maximum atomic E-state index is 6.03. The van der Waals surface area contributed by atoms with Gasteiger partial charge in [0, 0.05) is 6.04 Å². The molecule has 86 valence electrons. The van der Waals surface area contributed by atoms with E-state index in [1.54, 1.807) is 0 Å². The second-order valence-corrected chi connectivity index (χ2v) is 4.25. The fourth-order valence-corrected chi connectivity index (χ4v) is 2.36. The number of hydrogen-bond donors (Lipinski definition) is 1. The van der Waals surface area contributed by atoms with E-state index in [1.807, 2.05) is 12.1 Å². The van der Waals surface area contributed by atoms with Crippen molar-refractivity contribution < 1.29 is 0 Å². The van der Waals surface area contributed by atoms with E-state index in [0.29, 0.717) is 12.0 Å². The fourth-order valence-electron chi connectivity index (χ4n) is 2.36. The smallest absolute Gasteiger partial charge is 0.201 e. The van der Waals surface area contributed by atoms with Gasteiger partial charge in [-0.1, -0.05) is 26.0 Å². The molecule has 3 heteroatoms. The van der Waals surface area contributed by atoms with Crippen LogP contribution in [0.15, 0.2) is 18.2 Å². The first kappa shape index (κ1) is 11.0. The van der Waals surface area contributed by atoms with Crippen LogP contribution in [0.25, 0.3) is 11.0 Å². The van der Waals surface area contributed by atoms with Crippen LogP contribution in [-0.2, 0) is 0 Å². The number of fused-ring (bicyclic) bond motifs is 1. The van der Waals surface area contributed by atoms with Crippen LogP contribution in [-0.4, -0.2) is 9.55 Å². The zero-order valence-corrected chi connectivity index (χ0v) is 10.2. The Morgan fingerprint density at radius 1 is 1.31 bits per heavy atom. The molecule has 0 bridgehead atoms. The van der Waals surface area contributed by atoms with Crippen molar-refractivity contribution in [2.24, 2.45) is 0 Å². The highest BCUT2D eigenvalue weighted by atomic mass is 15.2. The van der Waals surface area contributed by atoms with Crippen molar-refractivity contribution in [3.8, 4) is 0 Å². The molecule has 1 heterocycles. The third kappa shape index (κ3) is 1.56. The third-order valence-corrected chi connectivity index (χ3v) is 3.25. The summed E-state index contributed by atoms with van der Waals surface area (Å²) in [7, 11) is 0. The van der Waals surface area contributed by atoms with E-state index in [-0.39, 0.29) is 0 Å². The first-order chi connectivity index (χ1) is 7.69. The molecule has 0 atom stereocenters. The Hall–Kier alpha value is -1.51. The lowest BCUT2D eigenvalue weighted by Gasteiger charge is -2.17. The van der Waals surface area contributed by atoms with E-state index in [2.05, 4.69) is 36.4 Å². The Kier molecular flexibility index (Phi) is 2.86. The molecule has 2 rings (SSSR count). The Labute approximate surface area is 96.3 Å². The molecule has 0 aliphatic heterocycles. The number of hydrogen-bond acceptors (Lipinski definition) is 2. The number of benzene rings is 1. The van der Waals surface area contributed by atoms with Gasteiger partial charge in [-0.3, -0.25) is 0 Å². The molecule has 0 radical (unpaired) electrons. The molecule has 0 amide bonds. The van der Waals surface area contributed by atoms with Gasteiger partial charge in [0.1, 0.15) is 0 Å². The number of nitrogens with zero attached hydrogens (tertiary/aromatic N) is 2. The average molecular weight is 217 g/mol. The van der Waals surface area contributed by atoms with Gasteiger partial charge >= 0.3 is 0 Å². The van der Waals surface area contributed by atoms with Crippen molar-refractivity contribution in [2.75, 3.05) is 5.73 Å². The molecule has 0 spiro atoms. The van der Waals surface area contributed by atoms with E-state index in [4.69, 9.17) is 5.73 Å². The number of rotatable bonds is 3. The molecule has 3 nitrogen and oxygen atoms in total. The van der Waals surface area contributed by atoms with Gasteiger partial charge in [0.2, 0.25) is 5.95 Å². The zero-order valence-electron chi connectivity index (χ0n) is 10.2. The van der Waals surface area contributed by atoms with E-state index < -0.39 is 0 Å². The molecular formula is C13H19N3. The summed E-state index contributed by atoms with van der Waals surface area (Å²) in [6.45, 7) is 6.50. The van der Waals surface area contributed by atoms with E-state index in [1.165, 1.54) is 11.1 Å². The molecule has 0 aliphatic rings. The van der Waals surface area contributed by atoms with Crippen LogP contribution >= 0.6 is 0 Å². The topological polar surface area (TPSA) is 43.8 Å². The monoisotopic (exact) mass is 217 g/mol. The minimum absolute atomic E-state index is 0.450. The molecule has 0 saturated carbocycles. The van der Waals surface area contributed by atoms with Crippen LogP contribution in [0.1, 0.15) is 38.3 Å². The van der Waals surface area contributed by atoms with Gasteiger partial charge in [0.05, 0.1) is 11.0 Å². The van der Waals surface area contributed by atoms with Gasteiger partial charge in [-0.25, -0.2) is 4.98 Å². The van der Waals surface area contributed by atoms with Crippen LogP contribution in [0.2, 0.25) is 0 Å². The molecular weight excluding hydrogens is 198 g/mol. The minimum Gasteiger partial charge on any atom is -0.369 e. The Morgan fingerprint density at radius 2 is 2.00 bits per heavy atom. The van der Waals surface area contributed by atoms with Crippen LogP contribution in [0, 0.1) is 6.92 Å². The third-order valence-electron chi connectivity index (χ3n) is 3.25. The lowest BCUT2D eigenvalue weighted by Crippen LogP contribution is -2.10. The van der Waals surface area contributed by atoms with Crippen molar-refractivity contribution in [3.63, 3.8) is 0 Å². The summed E-state index contributed by atoms with van der Waals surface area (Å²) in [5.41, 5.74) is 9.46. The highest BCUT2D eigenvalue weighted by Crippen LogP contribution is 2.28. The standard InChI is InChI=1S/C13H19N3/c1-4-10(5-2)16-12-9(3)7-6-8-11(12)15-13(16)14/h6-8,10H,4-5H2,1-3H3,(H2,14,15). The maximum Gasteiger partial charge on any atom is 0.201 e. The largest absolute Gasteiger partial charge is 0.369 e. The highest BCUT2D eigenvalue weighted by Gasteiger charge is 2.15. The minimum atomic E-state index is 0.450. The number of nitrogen functional groups attached to an aromatic ring is 1. The first-order valence-corrected chi connectivity index (χ1v) is 5.92. The number of para-hydroxylation sites is 1. The molecule has 0 fully saturated rings. The van der Waals surface area contributed by atoms with Crippen molar-refractivity contribution in [1.82, 2.24) is 9.55 Å². The van der Waals surface area contributed by atoms with Crippen molar-refractivity contribution in [2.45, 2.75) is 39.7 Å². The van der Waals surface area contributed by atoms with Crippen molar-refractivity contribution in [3.05, 3.63) is 23.8 Å². The normalized spacial score (nSPS) is 11.5. The van der Waals surface area contributed by atoms with Gasteiger partial charge in [0.25, 0.3) is 0 Å². The molecule has 0 unspecified atom stereocenters. The summed E-state index contributed by atoms with van der Waals surface area (Å²) < 4.78 is 2.19. The van der Waals surface area contributed by atoms with Crippen molar-refractivity contribution in [1.29, 1.82) is 0 Å². The summed E-state index contributed by atoms with van der Waals surface area (Å²) in [6, 6.07) is 6.62. The number of aromatic nitrogens is 2. The highest BCUT2D eigenvalue weighted by molar-refractivity contribution is 5.81. The van der Waals surface area contributed by atoms with E-state index in [9.17, 15) is 0 Å². The summed E-state index contributed by atoms with van der Waals surface area (Å²) in [5, 5.41) is 0. The van der Waals surface area contributed by atoms with E-state index in [0.717, 1.165) is 18.4 Å². The second-order valence-electron chi connectivity index (χ2n) is 4.25.